The van der Waals surface area contributed by atoms with Crippen molar-refractivity contribution in [2.24, 2.45) is 0 Å². The van der Waals surface area contributed by atoms with Crippen molar-refractivity contribution < 1.29 is 13.6 Å². The van der Waals surface area contributed by atoms with Crippen LogP contribution in [-0.4, -0.2) is 15.9 Å². The van der Waals surface area contributed by atoms with Gasteiger partial charge in [0.15, 0.2) is 5.82 Å². The van der Waals surface area contributed by atoms with Crippen LogP contribution in [0.25, 0.3) is 5.57 Å². The molecule has 0 spiro atoms. The van der Waals surface area contributed by atoms with Gasteiger partial charge in [-0.25, -0.2) is 8.78 Å². The molecule has 1 aromatic heterocycles. The lowest BCUT2D eigenvalue weighted by Crippen LogP contribution is -2.24. The van der Waals surface area contributed by atoms with Gasteiger partial charge in [-0.15, -0.1) is 23.5 Å². The van der Waals surface area contributed by atoms with E-state index >= 15 is 8.78 Å². The van der Waals surface area contributed by atoms with E-state index < -0.39 is 23.0 Å². The number of nitrogens with zero attached hydrogens (tertiary/aromatic N) is 2. The van der Waals surface area contributed by atoms with Crippen LogP contribution in [0.2, 0.25) is 0 Å². The zero-order chi connectivity index (χ0) is 24.9. The molecule has 0 saturated carbocycles. The third-order valence-electron chi connectivity index (χ3n) is 5.85. The molecule has 36 heavy (non-hydrogen) atoms. The highest BCUT2D eigenvalue weighted by Gasteiger charge is 2.30. The number of carbonyl (C=O) groups excluding carboxylic acids is 1. The van der Waals surface area contributed by atoms with Crippen LogP contribution in [-0.2, 0) is 13.1 Å². The number of thioether (sulfide) groups is 2. The normalized spacial score (nSPS) is 12.7. The molecule has 2 heterocycles. The van der Waals surface area contributed by atoms with Gasteiger partial charge in [0.25, 0.3) is 0 Å². The number of anilines is 1. The Hall–Kier alpha value is -3.42. The van der Waals surface area contributed by atoms with E-state index in [2.05, 4.69) is 4.98 Å². The number of rotatable bonds is 8. The molecule has 0 amide bonds. The summed E-state index contributed by atoms with van der Waals surface area (Å²) < 4.78 is 32.0. The quantitative estimate of drug-likeness (QED) is 0.178. The summed E-state index contributed by atoms with van der Waals surface area (Å²) in [5.41, 5.74) is 2.51. The average molecular weight is 517 g/mol. The monoisotopic (exact) mass is 516 g/mol. The average Bonchev–Trinajstić information content (AvgIpc) is 2.87. The van der Waals surface area contributed by atoms with Gasteiger partial charge in [-0.1, -0.05) is 60.7 Å². The molecule has 5 rings (SSSR count). The second-order valence-electron chi connectivity index (χ2n) is 8.22. The summed E-state index contributed by atoms with van der Waals surface area (Å²) in [6, 6.07) is 25.4. The Morgan fingerprint density at radius 3 is 1.92 bits per heavy atom. The lowest BCUT2D eigenvalue weighted by atomic mass is 9.97. The number of hydrogen-bond donors (Lipinski definition) is 0. The van der Waals surface area contributed by atoms with Crippen molar-refractivity contribution in [1.82, 2.24) is 4.98 Å². The second-order valence-corrected chi connectivity index (χ2v) is 10.8. The first kappa shape index (κ1) is 24.3. The maximum atomic E-state index is 16.1. The van der Waals surface area contributed by atoms with Gasteiger partial charge < -0.3 is 4.90 Å². The van der Waals surface area contributed by atoms with Gasteiger partial charge in [-0.3, -0.25) is 9.78 Å². The second kappa shape index (κ2) is 11.1. The number of ketones is 1. The van der Waals surface area contributed by atoms with Crippen LogP contribution >= 0.6 is 23.5 Å². The van der Waals surface area contributed by atoms with Crippen LogP contribution in [0.3, 0.4) is 0 Å². The fourth-order valence-corrected chi connectivity index (χ4v) is 5.73. The van der Waals surface area contributed by atoms with E-state index in [0.717, 1.165) is 20.4 Å². The number of allylic oxidation sites excluding steroid dienone is 1. The summed E-state index contributed by atoms with van der Waals surface area (Å²) in [5.74, 6) is -2.39. The van der Waals surface area contributed by atoms with Gasteiger partial charge in [0, 0.05) is 30.6 Å². The number of benzene rings is 3. The number of pyridine rings is 1. The minimum atomic E-state index is -0.873. The topological polar surface area (TPSA) is 33.2 Å². The van der Waals surface area contributed by atoms with Gasteiger partial charge in [-0.2, -0.15) is 0 Å². The lowest BCUT2D eigenvalue weighted by molar-refractivity contribution is 0.104. The molecule has 1 aliphatic rings. The number of hydrogen-bond acceptors (Lipinski definition) is 5. The predicted octanol–water partition coefficient (Wildman–Crippen LogP) is 7.56. The third-order valence-corrected chi connectivity index (χ3v) is 8.43. The van der Waals surface area contributed by atoms with Crippen molar-refractivity contribution in [2.75, 3.05) is 9.98 Å². The standard InChI is InChI=1S/C29H22F2N2OS2/c30-23-11-12-24(33(17-20-7-3-1-4-8-20)18-21-9-5-2-6-10-21)27(31)26(23)28(34)25(29-35-19-36-29)22-13-15-32-16-14-22/h1-16H,17-19H2. The van der Waals surface area contributed by atoms with E-state index in [-0.39, 0.29) is 5.69 Å². The first-order valence-electron chi connectivity index (χ1n) is 11.4. The maximum absolute atomic E-state index is 16.1. The molecule has 3 nitrogen and oxygen atoms in total. The van der Waals surface area contributed by atoms with Crippen LogP contribution in [0.4, 0.5) is 14.5 Å². The fraction of sp³-hybridized carbons (Fsp3) is 0.103. The summed E-state index contributed by atoms with van der Waals surface area (Å²) in [7, 11) is 0. The maximum Gasteiger partial charge on any atom is 0.201 e. The summed E-state index contributed by atoms with van der Waals surface area (Å²) in [6.45, 7) is 0.797. The van der Waals surface area contributed by atoms with Gasteiger partial charge >= 0.3 is 0 Å². The molecular weight excluding hydrogens is 494 g/mol. The molecule has 3 aromatic carbocycles. The van der Waals surface area contributed by atoms with Crippen molar-refractivity contribution in [2.45, 2.75) is 13.1 Å². The van der Waals surface area contributed by atoms with Gasteiger partial charge in [0.2, 0.25) is 5.78 Å². The van der Waals surface area contributed by atoms with Crippen molar-refractivity contribution in [3.63, 3.8) is 0 Å². The lowest BCUT2D eigenvalue weighted by Gasteiger charge is -2.27. The highest BCUT2D eigenvalue weighted by Crippen LogP contribution is 2.48. The SMILES string of the molecule is O=C(C(=C1SCS1)c1ccncc1)c1c(F)ccc(N(Cc2ccccc2)Cc2ccccc2)c1F. The highest BCUT2D eigenvalue weighted by atomic mass is 32.3. The molecule has 0 atom stereocenters. The Balaban J connectivity index is 1.58. The van der Waals surface area contributed by atoms with Crippen molar-refractivity contribution >= 4 is 40.6 Å². The zero-order valence-corrected chi connectivity index (χ0v) is 20.9. The van der Waals surface area contributed by atoms with E-state index in [4.69, 9.17) is 0 Å². The summed E-state index contributed by atoms with van der Waals surface area (Å²) in [6.07, 6.45) is 3.14. The Kier molecular flexibility index (Phi) is 7.49. The van der Waals surface area contributed by atoms with E-state index in [9.17, 15) is 4.79 Å². The molecular formula is C29H22F2N2OS2. The predicted molar refractivity (Wildman–Crippen MR) is 145 cm³/mol. The first-order chi connectivity index (χ1) is 17.6. The molecule has 180 valence electrons. The number of carbonyl (C=O) groups is 1. The number of aromatic nitrogens is 1. The van der Waals surface area contributed by atoms with Gasteiger partial charge in [0.1, 0.15) is 5.82 Å². The minimum absolute atomic E-state index is 0.181. The number of Topliss-reactive ketones (excluding diaryl/α,β-unsaturated/α-hetero) is 1. The molecule has 0 bridgehead atoms. The third kappa shape index (κ3) is 5.22. The van der Waals surface area contributed by atoms with E-state index in [1.54, 1.807) is 24.5 Å². The summed E-state index contributed by atoms with van der Waals surface area (Å²) >= 11 is 3.01. The molecule has 4 aromatic rings. The molecule has 0 aliphatic carbocycles. The van der Waals surface area contributed by atoms with E-state index in [1.165, 1.54) is 35.7 Å². The largest absolute Gasteiger partial charge is 0.360 e. The van der Waals surface area contributed by atoms with Crippen molar-refractivity contribution in [3.05, 3.63) is 135 Å². The number of halogens is 2. The van der Waals surface area contributed by atoms with Crippen LogP contribution in [0.1, 0.15) is 27.0 Å². The first-order valence-corrected chi connectivity index (χ1v) is 13.3. The molecule has 1 fully saturated rings. The molecule has 1 aliphatic heterocycles. The minimum Gasteiger partial charge on any atom is -0.360 e. The molecule has 7 heteroatoms. The van der Waals surface area contributed by atoms with Crippen LogP contribution in [0.5, 0.6) is 0 Å². The Bertz CT molecular complexity index is 1350. The summed E-state index contributed by atoms with van der Waals surface area (Å²) in [5, 5.41) is 0.796. The van der Waals surface area contributed by atoms with Gasteiger partial charge in [0.05, 0.1) is 21.1 Å². The Morgan fingerprint density at radius 2 is 1.39 bits per heavy atom. The zero-order valence-electron chi connectivity index (χ0n) is 19.2. The Morgan fingerprint density at radius 1 is 0.806 bits per heavy atom. The van der Waals surface area contributed by atoms with Crippen molar-refractivity contribution in [3.8, 4) is 0 Å². The van der Waals surface area contributed by atoms with Crippen LogP contribution in [0, 0.1) is 11.6 Å². The summed E-state index contributed by atoms with van der Waals surface area (Å²) in [4.78, 5) is 19.6. The van der Waals surface area contributed by atoms with Crippen LogP contribution < -0.4 is 4.90 Å². The molecule has 0 N–H and O–H groups in total. The molecule has 0 radical (unpaired) electrons. The smallest absolute Gasteiger partial charge is 0.201 e. The van der Waals surface area contributed by atoms with Gasteiger partial charge in [-0.05, 0) is 41.0 Å². The fourth-order valence-electron chi connectivity index (χ4n) is 4.08. The molecule has 1 saturated heterocycles. The molecule has 0 unspecified atom stereocenters. The van der Waals surface area contributed by atoms with Crippen molar-refractivity contribution in [1.29, 1.82) is 0 Å². The van der Waals surface area contributed by atoms with Crippen LogP contribution in [0.15, 0.2) is 102 Å². The van der Waals surface area contributed by atoms with E-state index in [1.807, 2.05) is 65.6 Å². The Labute approximate surface area is 217 Å². The van der Waals surface area contributed by atoms with E-state index in [0.29, 0.717) is 24.2 Å². The highest BCUT2D eigenvalue weighted by molar-refractivity contribution is 8.37.